The highest BCUT2D eigenvalue weighted by Gasteiger charge is 2.53. The average Bonchev–Trinajstić information content (AvgIpc) is 2.96. The first-order valence-electron chi connectivity index (χ1n) is 14.2. The van der Waals surface area contributed by atoms with Gasteiger partial charge in [0, 0.05) is 12.0 Å². The van der Waals surface area contributed by atoms with Crippen molar-refractivity contribution in [1.29, 1.82) is 0 Å². The van der Waals surface area contributed by atoms with E-state index in [1.54, 1.807) is 12.2 Å². The third-order valence-electron chi connectivity index (χ3n) is 7.40. The SMILES string of the molecule is CC(C)(C)C#C/C=C/CN[C@H]1[C@H](OC2[C@@H](CO)O[C@@H](O)[C@H](N)[C@H]2O)O[C@H](CO)C(O[C@@H]2O[C@H](CO)[C@@H](O)[C@H](O)[C@H]2N)[C@@H]1O. The Balaban J connectivity index is 1.85. The van der Waals surface area contributed by atoms with E-state index in [4.69, 9.17) is 35.2 Å². The predicted octanol–water partition coefficient (Wildman–Crippen LogP) is -5.44. The highest BCUT2D eigenvalue weighted by Crippen LogP contribution is 2.31. The first kappa shape index (κ1) is 36.1. The van der Waals surface area contributed by atoms with Crippen molar-refractivity contribution in [2.24, 2.45) is 16.9 Å². The predicted molar refractivity (Wildman–Crippen MR) is 147 cm³/mol. The largest absolute Gasteiger partial charge is 0.394 e. The molecule has 0 saturated carbocycles. The number of aliphatic hydroxyl groups is 8. The summed E-state index contributed by atoms with van der Waals surface area (Å²) in [7, 11) is 0. The molecule has 0 aliphatic carbocycles. The summed E-state index contributed by atoms with van der Waals surface area (Å²) in [5, 5.41) is 85.2. The molecule has 3 rings (SSSR count). The van der Waals surface area contributed by atoms with Gasteiger partial charge in [-0.15, -0.1) is 0 Å². The molecule has 0 radical (unpaired) electrons. The Morgan fingerprint density at radius 1 is 0.744 bits per heavy atom. The number of aliphatic hydroxyl groups excluding tert-OH is 8. The lowest BCUT2D eigenvalue weighted by molar-refractivity contribution is -0.350. The van der Waals surface area contributed by atoms with Crippen molar-refractivity contribution in [2.75, 3.05) is 26.4 Å². The van der Waals surface area contributed by atoms with Crippen molar-refractivity contribution in [3.63, 3.8) is 0 Å². The number of ether oxygens (including phenoxy) is 5. The maximum Gasteiger partial charge on any atom is 0.176 e. The highest BCUT2D eigenvalue weighted by atomic mass is 16.7. The first-order chi connectivity index (χ1) is 20.2. The second kappa shape index (κ2) is 15.8. The van der Waals surface area contributed by atoms with Gasteiger partial charge in [0.05, 0.1) is 37.9 Å². The van der Waals surface area contributed by atoms with Gasteiger partial charge in [-0.05, 0) is 26.8 Å². The number of allylic oxidation sites excluding steroid dienone is 1. The van der Waals surface area contributed by atoms with E-state index < -0.39 is 112 Å². The number of hydrogen-bond donors (Lipinski definition) is 11. The molecule has 0 aromatic rings. The fraction of sp³-hybridized carbons (Fsp3) is 0.852. The van der Waals surface area contributed by atoms with Gasteiger partial charge < -0.3 is 81.3 Å². The van der Waals surface area contributed by atoms with E-state index in [9.17, 15) is 40.9 Å². The molecule has 3 aliphatic rings. The van der Waals surface area contributed by atoms with Crippen molar-refractivity contribution in [3.05, 3.63) is 12.2 Å². The zero-order valence-electron chi connectivity index (χ0n) is 24.4. The van der Waals surface area contributed by atoms with Crippen LogP contribution in [0.25, 0.3) is 0 Å². The van der Waals surface area contributed by atoms with Crippen molar-refractivity contribution < 1.29 is 64.5 Å². The molecule has 16 nitrogen and oxygen atoms in total. The van der Waals surface area contributed by atoms with Crippen molar-refractivity contribution >= 4 is 0 Å². The Hall–Kier alpha value is -1.34. The molecule has 0 aromatic heterocycles. The minimum atomic E-state index is -1.57. The van der Waals surface area contributed by atoms with Gasteiger partial charge >= 0.3 is 0 Å². The van der Waals surface area contributed by atoms with Crippen LogP contribution in [-0.4, -0.2) is 159 Å². The van der Waals surface area contributed by atoms with Crippen LogP contribution in [0.1, 0.15) is 20.8 Å². The standard InChI is InChI=1S/C27H47N3O13/c1-27(2,3)7-5-4-6-8-30-17-21(37)23(42-25-16(29)19(35)18(34)12(9-31)40-25)14(11-33)41-26(17)43-22-13(10-32)39-24(38)15(28)20(22)36/h4,6,12-26,30-38H,8-11,28-29H2,1-3H3/b6-4+/t12-,13-,14-,15-,16-,17-,18-,19-,20-,21-,22?,23?,24-,25+,26+/m1/s1. The lowest BCUT2D eigenvalue weighted by Crippen LogP contribution is -2.70. The van der Waals surface area contributed by atoms with Gasteiger partial charge in [0.2, 0.25) is 0 Å². The summed E-state index contributed by atoms with van der Waals surface area (Å²) in [6.45, 7) is 4.01. The molecule has 13 N–H and O–H groups in total. The van der Waals surface area contributed by atoms with Crippen LogP contribution >= 0.6 is 0 Å². The van der Waals surface area contributed by atoms with E-state index in [-0.39, 0.29) is 12.0 Å². The Bertz CT molecular complexity index is 955. The van der Waals surface area contributed by atoms with Gasteiger partial charge in [0.15, 0.2) is 18.9 Å². The lowest BCUT2D eigenvalue weighted by atomic mass is 9.94. The fourth-order valence-electron chi connectivity index (χ4n) is 4.95. The van der Waals surface area contributed by atoms with Crippen LogP contribution < -0.4 is 16.8 Å². The summed E-state index contributed by atoms with van der Waals surface area (Å²) >= 11 is 0. The van der Waals surface area contributed by atoms with Gasteiger partial charge in [-0.1, -0.05) is 17.9 Å². The Labute approximate surface area is 250 Å². The minimum absolute atomic E-state index is 0.141. The maximum atomic E-state index is 11.5. The van der Waals surface area contributed by atoms with E-state index in [1.807, 2.05) is 20.8 Å². The molecule has 0 aromatic carbocycles. The monoisotopic (exact) mass is 621 g/mol. The van der Waals surface area contributed by atoms with Gasteiger partial charge in [0.25, 0.3) is 0 Å². The van der Waals surface area contributed by atoms with Gasteiger partial charge in [-0.2, -0.15) is 0 Å². The number of hydrogen-bond acceptors (Lipinski definition) is 16. The molecule has 3 fully saturated rings. The average molecular weight is 622 g/mol. The maximum absolute atomic E-state index is 11.5. The molecule has 16 heteroatoms. The zero-order chi connectivity index (χ0) is 32.1. The normalized spacial score (nSPS) is 44.3. The van der Waals surface area contributed by atoms with Crippen LogP contribution in [0.2, 0.25) is 0 Å². The van der Waals surface area contributed by atoms with Crippen LogP contribution in [0.15, 0.2) is 12.2 Å². The molecule has 3 saturated heterocycles. The first-order valence-corrected chi connectivity index (χ1v) is 14.2. The quantitative estimate of drug-likeness (QED) is 0.102. The van der Waals surface area contributed by atoms with Crippen molar-refractivity contribution in [2.45, 2.75) is 113 Å². The highest BCUT2D eigenvalue weighted by molar-refractivity contribution is 5.19. The molecule has 248 valence electrons. The second-order valence-electron chi connectivity index (χ2n) is 11.9. The number of rotatable bonds is 10. The van der Waals surface area contributed by atoms with Crippen LogP contribution in [0.4, 0.5) is 0 Å². The molecule has 0 bridgehead atoms. The summed E-state index contributed by atoms with van der Waals surface area (Å²) in [5.41, 5.74) is 11.6. The Morgan fingerprint density at radius 3 is 1.91 bits per heavy atom. The van der Waals surface area contributed by atoms with E-state index in [0.717, 1.165) is 0 Å². The molecular formula is C27H47N3O13. The van der Waals surface area contributed by atoms with E-state index in [2.05, 4.69) is 17.2 Å². The summed E-state index contributed by atoms with van der Waals surface area (Å²) in [4.78, 5) is 0. The topological polar surface area (TPSA) is 272 Å². The molecule has 0 spiro atoms. The summed E-state index contributed by atoms with van der Waals surface area (Å²) in [6.07, 6.45) is -13.5. The van der Waals surface area contributed by atoms with E-state index in [0.29, 0.717) is 0 Å². The molecule has 3 aliphatic heterocycles. The zero-order valence-corrected chi connectivity index (χ0v) is 24.4. The molecule has 2 unspecified atom stereocenters. The van der Waals surface area contributed by atoms with E-state index in [1.165, 1.54) is 0 Å². The van der Waals surface area contributed by atoms with Gasteiger partial charge in [0.1, 0.15) is 54.9 Å². The van der Waals surface area contributed by atoms with Crippen LogP contribution in [0.5, 0.6) is 0 Å². The second-order valence-corrected chi connectivity index (χ2v) is 11.9. The number of nitrogens with two attached hydrogens (primary N) is 2. The summed E-state index contributed by atoms with van der Waals surface area (Å²) in [5.74, 6) is 5.97. The van der Waals surface area contributed by atoms with Crippen LogP contribution in [0.3, 0.4) is 0 Å². The molecule has 0 amide bonds. The van der Waals surface area contributed by atoms with Crippen LogP contribution in [-0.2, 0) is 23.7 Å². The fourth-order valence-corrected chi connectivity index (χ4v) is 4.95. The summed E-state index contributed by atoms with van der Waals surface area (Å²) in [6, 6.07) is -3.69. The summed E-state index contributed by atoms with van der Waals surface area (Å²) < 4.78 is 28.6. The van der Waals surface area contributed by atoms with Crippen LogP contribution in [0, 0.1) is 17.3 Å². The van der Waals surface area contributed by atoms with Crippen molar-refractivity contribution in [3.8, 4) is 11.8 Å². The molecule has 3 heterocycles. The van der Waals surface area contributed by atoms with E-state index >= 15 is 0 Å². The Kier molecular flexibility index (Phi) is 13.3. The molecular weight excluding hydrogens is 574 g/mol. The van der Waals surface area contributed by atoms with Gasteiger partial charge in [-0.3, -0.25) is 0 Å². The third kappa shape index (κ3) is 8.89. The minimum Gasteiger partial charge on any atom is -0.394 e. The number of nitrogens with one attached hydrogen (secondary N) is 1. The molecule has 43 heavy (non-hydrogen) atoms. The van der Waals surface area contributed by atoms with Gasteiger partial charge in [-0.25, -0.2) is 0 Å². The third-order valence-corrected chi connectivity index (χ3v) is 7.40. The van der Waals surface area contributed by atoms with Crippen molar-refractivity contribution in [1.82, 2.24) is 5.32 Å². The lowest BCUT2D eigenvalue weighted by Gasteiger charge is -2.49. The molecule has 15 atom stereocenters. The Morgan fingerprint density at radius 2 is 1.30 bits per heavy atom. The smallest absolute Gasteiger partial charge is 0.176 e.